The summed E-state index contributed by atoms with van der Waals surface area (Å²) in [7, 11) is -1.78. The second-order valence-electron chi connectivity index (χ2n) is 9.04. The standard InChI is InChI=1S/C26H28N4O5S/c1-5-36(33,34)18-8-6-17(7-9-18)15-22(31)28-21-14-16(2)24-19(27-21)12-13-26(3,25(24)32)20-10-11-23(35-4)30-29-20/h6-11,14H,5,12-13,15H2,1-4H3,(H,27,28,31). The van der Waals surface area contributed by atoms with Crippen LogP contribution in [-0.2, 0) is 32.9 Å². The van der Waals surface area contributed by atoms with E-state index < -0.39 is 15.3 Å². The predicted octanol–water partition coefficient (Wildman–Crippen LogP) is 3.25. The number of amides is 1. The van der Waals surface area contributed by atoms with Crippen LogP contribution in [0.2, 0.25) is 0 Å². The minimum absolute atomic E-state index is 0.0192. The number of rotatable bonds is 7. The molecule has 1 atom stereocenters. The maximum absolute atomic E-state index is 13.5. The van der Waals surface area contributed by atoms with Crippen molar-refractivity contribution in [3.63, 3.8) is 0 Å². The zero-order valence-electron chi connectivity index (χ0n) is 20.7. The Morgan fingerprint density at radius 2 is 1.86 bits per heavy atom. The molecule has 9 nitrogen and oxygen atoms in total. The molecule has 1 aromatic carbocycles. The lowest BCUT2D eigenvalue weighted by Crippen LogP contribution is -2.39. The molecule has 1 unspecified atom stereocenters. The molecule has 1 amide bonds. The van der Waals surface area contributed by atoms with Gasteiger partial charge < -0.3 is 10.1 Å². The number of methoxy groups -OCH3 is 1. The third kappa shape index (κ3) is 4.86. The molecule has 3 aromatic rings. The van der Waals surface area contributed by atoms with Crippen molar-refractivity contribution in [2.45, 2.75) is 50.3 Å². The fourth-order valence-electron chi connectivity index (χ4n) is 4.37. The Morgan fingerprint density at radius 1 is 1.14 bits per heavy atom. The van der Waals surface area contributed by atoms with Gasteiger partial charge in [0.15, 0.2) is 15.6 Å². The first-order valence-corrected chi connectivity index (χ1v) is 13.3. The number of fused-ring (bicyclic) bond motifs is 1. The van der Waals surface area contributed by atoms with Gasteiger partial charge in [-0.15, -0.1) is 5.10 Å². The van der Waals surface area contributed by atoms with E-state index in [-0.39, 0.29) is 28.8 Å². The first-order valence-electron chi connectivity index (χ1n) is 11.6. The van der Waals surface area contributed by atoms with Crippen molar-refractivity contribution in [3.05, 3.63) is 70.5 Å². The molecular formula is C26H28N4O5S. The summed E-state index contributed by atoms with van der Waals surface area (Å²) in [6, 6.07) is 11.4. The average Bonchev–Trinajstić information content (AvgIpc) is 2.86. The molecule has 0 aliphatic heterocycles. The number of ether oxygens (including phenoxy) is 1. The van der Waals surface area contributed by atoms with Crippen LogP contribution in [0.5, 0.6) is 5.88 Å². The molecule has 1 N–H and O–H groups in total. The summed E-state index contributed by atoms with van der Waals surface area (Å²) >= 11 is 0. The lowest BCUT2D eigenvalue weighted by molar-refractivity contribution is -0.115. The molecule has 0 radical (unpaired) electrons. The molecule has 1 aliphatic carbocycles. The molecule has 10 heteroatoms. The number of carbonyl (C=O) groups is 2. The van der Waals surface area contributed by atoms with Crippen molar-refractivity contribution in [1.29, 1.82) is 0 Å². The maximum atomic E-state index is 13.5. The van der Waals surface area contributed by atoms with Crippen LogP contribution < -0.4 is 10.1 Å². The van der Waals surface area contributed by atoms with Gasteiger partial charge in [0.2, 0.25) is 11.8 Å². The summed E-state index contributed by atoms with van der Waals surface area (Å²) in [6.45, 7) is 5.28. The summed E-state index contributed by atoms with van der Waals surface area (Å²) in [5.74, 6) is 0.417. The molecule has 2 heterocycles. The Labute approximate surface area is 210 Å². The number of nitrogens with zero attached hydrogens (tertiary/aromatic N) is 3. The molecule has 0 saturated heterocycles. The summed E-state index contributed by atoms with van der Waals surface area (Å²) in [6.07, 6.45) is 1.12. The first-order chi connectivity index (χ1) is 17.1. The SMILES string of the molecule is CCS(=O)(=O)c1ccc(CC(=O)Nc2cc(C)c3c(n2)CCC(C)(c2ccc(OC)nn2)C3=O)cc1. The maximum Gasteiger partial charge on any atom is 0.233 e. The van der Waals surface area contributed by atoms with Gasteiger partial charge in [0.1, 0.15) is 5.82 Å². The Bertz CT molecular complexity index is 1420. The number of benzene rings is 1. The van der Waals surface area contributed by atoms with Crippen molar-refractivity contribution in [2.75, 3.05) is 18.2 Å². The van der Waals surface area contributed by atoms with Gasteiger partial charge in [0, 0.05) is 11.6 Å². The highest BCUT2D eigenvalue weighted by molar-refractivity contribution is 7.91. The number of nitrogens with one attached hydrogen (secondary N) is 1. The largest absolute Gasteiger partial charge is 0.480 e. The van der Waals surface area contributed by atoms with E-state index in [9.17, 15) is 18.0 Å². The number of hydrogen-bond acceptors (Lipinski definition) is 8. The molecule has 0 fully saturated rings. The second-order valence-corrected chi connectivity index (χ2v) is 11.3. The molecule has 2 aromatic heterocycles. The third-order valence-corrected chi connectivity index (χ3v) is 8.34. The topological polar surface area (TPSA) is 128 Å². The first kappa shape index (κ1) is 25.4. The van der Waals surface area contributed by atoms with Crippen LogP contribution in [-0.4, -0.2) is 48.2 Å². The van der Waals surface area contributed by atoms with Crippen LogP contribution in [0.15, 0.2) is 47.4 Å². The number of aryl methyl sites for hydroxylation is 2. The highest BCUT2D eigenvalue weighted by Gasteiger charge is 2.43. The van der Waals surface area contributed by atoms with Gasteiger partial charge in [-0.1, -0.05) is 19.1 Å². The molecule has 1 aliphatic rings. The number of anilines is 1. The molecule has 0 saturated carbocycles. The van der Waals surface area contributed by atoms with Gasteiger partial charge in [0.05, 0.1) is 41.0 Å². The summed E-state index contributed by atoms with van der Waals surface area (Å²) < 4.78 is 29.0. The Morgan fingerprint density at radius 3 is 2.47 bits per heavy atom. The number of hydrogen-bond donors (Lipinski definition) is 1. The van der Waals surface area contributed by atoms with Gasteiger partial charge in [-0.3, -0.25) is 9.59 Å². The van der Waals surface area contributed by atoms with Crippen LogP contribution in [0, 0.1) is 6.92 Å². The van der Waals surface area contributed by atoms with E-state index in [1.807, 2.05) is 13.8 Å². The monoisotopic (exact) mass is 508 g/mol. The van der Waals surface area contributed by atoms with Gasteiger partial charge >= 0.3 is 0 Å². The molecule has 36 heavy (non-hydrogen) atoms. The van der Waals surface area contributed by atoms with E-state index in [4.69, 9.17) is 4.74 Å². The number of ketones is 1. The molecule has 0 spiro atoms. The number of sulfone groups is 1. The fraction of sp³-hybridized carbons (Fsp3) is 0.346. The van der Waals surface area contributed by atoms with E-state index in [0.717, 1.165) is 5.56 Å². The lowest BCUT2D eigenvalue weighted by atomic mass is 9.70. The minimum atomic E-state index is -3.29. The fourth-order valence-corrected chi connectivity index (χ4v) is 5.26. The van der Waals surface area contributed by atoms with Crippen LogP contribution in [0.1, 0.15) is 53.1 Å². The van der Waals surface area contributed by atoms with Crippen LogP contribution in [0.3, 0.4) is 0 Å². The Kier molecular flexibility index (Phi) is 6.90. The predicted molar refractivity (Wildman–Crippen MR) is 134 cm³/mol. The van der Waals surface area contributed by atoms with Crippen molar-refractivity contribution < 1.29 is 22.7 Å². The third-order valence-electron chi connectivity index (χ3n) is 6.59. The van der Waals surface area contributed by atoms with E-state index in [1.165, 1.54) is 19.2 Å². The number of Topliss-reactive ketones (excluding diaryl/α,β-unsaturated/α-hetero) is 1. The number of aromatic nitrogens is 3. The van der Waals surface area contributed by atoms with Gasteiger partial charge in [-0.2, -0.15) is 5.10 Å². The molecular weight excluding hydrogens is 480 g/mol. The van der Waals surface area contributed by atoms with Gasteiger partial charge in [-0.25, -0.2) is 13.4 Å². The summed E-state index contributed by atoms with van der Waals surface area (Å²) in [5.41, 5.74) is 2.34. The van der Waals surface area contributed by atoms with E-state index in [0.29, 0.717) is 47.1 Å². The average molecular weight is 509 g/mol. The quantitative estimate of drug-likeness (QED) is 0.515. The highest BCUT2D eigenvalue weighted by Crippen LogP contribution is 2.38. The summed E-state index contributed by atoms with van der Waals surface area (Å²) in [4.78, 5) is 31.0. The van der Waals surface area contributed by atoms with Crippen molar-refractivity contribution >= 4 is 27.3 Å². The Hall–Kier alpha value is -3.66. The van der Waals surface area contributed by atoms with E-state index >= 15 is 0 Å². The van der Waals surface area contributed by atoms with Crippen molar-refractivity contribution in [1.82, 2.24) is 15.2 Å². The molecule has 0 bridgehead atoms. The zero-order chi connectivity index (χ0) is 26.1. The normalized spacial score (nSPS) is 17.4. The van der Waals surface area contributed by atoms with Crippen molar-refractivity contribution in [2.24, 2.45) is 0 Å². The molecule has 4 rings (SSSR count). The smallest absolute Gasteiger partial charge is 0.233 e. The van der Waals surface area contributed by atoms with Crippen LogP contribution in [0.4, 0.5) is 5.82 Å². The van der Waals surface area contributed by atoms with Crippen LogP contribution >= 0.6 is 0 Å². The Balaban J connectivity index is 1.50. The second kappa shape index (κ2) is 9.77. The van der Waals surface area contributed by atoms with Crippen molar-refractivity contribution in [3.8, 4) is 5.88 Å². The van der Waals surface area contributed by atoms with E-state index in [1.54, 1.807) is 37.3 Å². The number of carbonyl (C=O) groups excluding carboxylic acids is 2. The highest BCUT2D eigenvalue weighted by atomic mass is 32.2. The minimum Gasteiger partial charge on any atom is -0.480 e. The molecule has 188 valence electrons. The van der Waals surface area contributed by atoms with Crippen LogP contribution in [0.25, 0.3) is 0 Å². The van der Waals surface area contributed by atoms with E-state index in [2.05, 4.69) is 20.5 Å². The number of pyridine rings is 1. The lowest BCUT2D eigenvalue weighted by Gasteiger charge is -2.33. The van der Waals surface area contributed by atoms with Gasteiger partial charge in [0.25, 0.3) is 0 Å². The van der Waals surface area contributed by atoms with Gasteiger partial charge in [-0.05, 0) is 62.1 Å². The summed E-state index contributed by atoms with van der Waals surface area (Å²) in [5, 5.41) is 11.0. The zero-order valence-corrected chi connectivity index (χ0v) is 21.5.